The molecule has 0 bridgehead atoms. The molecule has 0 aliphatic heterocycles. The fourth-order valence-electron chi connectivity index (χ4n) is 3.97. The summed E-state index contributed by atoms with van der Waals surface area (Å²) in [6, 6.07) is 6.47. The number of esters is 1. The van der Waals surface area contributed by atoms with Crippen LogP contribution in [0.25, 0.3) is 0 Å². The van der Waals surface area contributed by atoms with Crippen molar-refractivity contribution < 1.29 is 14.3 Å². The maximum absolute atomic E-state index is 11.9. The first-order chi connectivity index (χ1) is 11.7. The van der Waals surface area contributed by atoms with Gasteiger partial charge in [-0.3, -0.25) is 9.59 Å². The van der Waals surface area contributed by atoms with Gasteiger partial charge in [-0.1, -0.05) is 24.6 Å². The van der Waals surface area contributed by atoms with Crippen molar-refractivity contribution in [3.8, 4) is 0 Å². The van der Waals surface area contributed by atoms with E-state index in [9.17, 15) is 9.59 Å². The Bertz CT molecular complexity index is 591. The van der Waals surface area contributed by atoms with E-state index in [4.69, 9.17) is 4.74 Å². The number of rotatable bonds is 6. The van der Waals surface area contributed by atoms with Gasteiger partial charge in [0.2, 0.25) is 0 Å². The zero-order valence-corrected chi connectivity index (χ0v) is 14.5. The molecule has 0 N–H and O–H groups in total. The monoisotopic (exact) mass is 328 g/mol. The van der Waals surface area contributed by atoms with Crippen LogP contribution in [0.15, 0.2) is 18.2 Å². The number of carbonyl (C=O) groups excluding carboxylic acids is 2. The minimum absolute atomic E-state index is 0.143. The minimum atomic E-state index is -0.143. The van der Waals surface area contributed by atoms with Crippen molar-refractivity contribution in [1.29, 1.82) is 0 Å². The minimum Gasteiger partial charge on any atom is -0.461 e. The second-order valence-electron chi connectivity index (χ2n) is 7.27. The highest BCUT2D eigenvalue weighted by atomic mass is 16.5. The lowest BCUT2D eigenvalue weighted by molar-refractivity contribution is -0.145. The molecular weight excluding hydrogens is 300 g/mol. The fourth-order valence-corrected chi connectivity index (χ4v) is 3.97. The smallest absolute Gasteiger partial charge is 0.306 e. The van der Waals surface area contributed by atoms with Crippen LogP contribution in [-0.2, 0) is 33.8 Å². The molecule has 3 rings (SSSR count). The topological polar surface area (TPSA) is 43.4 Å². The van der Waals surface area contributed by atoms with Crippen molar-refractivity contribution in [2.24, 2.45) is 5.92 Å². The van der Waals surface area contributed by atoms with Crippen LogP contribution in [0.3, 0.4) is 0 Å². The number of benzene rings is 1. The number of hydrogen-bond acceptors (Lipinski definition) is 3. The molecule has 0 heterocycles. The average Bonchev–Trinajstić information content (AvgIpc) is 2.61. The normalized spacial score (nSPS) is 20.5. The number of Topliss-reactive ketones (excluding diaryl/α,β-unsaturated/α-hetero) is 1. The van der Waals surface area contributed by atoms with Gasteiger partial charge in [-0.25, -0.2) is 0 Å². The molecule has 24 heavy (non-hydrogen) atoms. The first-order valence-electron chi connectivity index (χ1n) is 9.51. The summed E-state index contributed by atoms with van der Waals surface area (Å²) in [5.41, 5.74) is 3.96. The molecule has 1 aromatic carbocycles. The molecule has 1 atom stereocenters. The zero-order chi connectivity index (χ0) is 16.8. The lowest BCUT2D eigenvalue weighted by Crippen LogP contribution is -2.19. The van der Waals surface area contributed by atoms with Crippen LogP contribution in [0, 0.1) is 5.92 Å². The van der Waals surface area contributed by atoms with Crippen molar-refractivity contribution >= 4 is 11.8 Å². The van der Waals surface area contributed by atoms with Crippen LogP contribution in [0.1, 0.15) is 74.5 Å². The van der Waals surface area contributed by atoms with Crippen molar-refractivity contribution in [1.82, 2.24) is 0 Å². The van der Waals surface area contributed by atoms with Crippen molar-refractivity contribution in [2.75, 3.05) is 0 Å². The molecule has 1 saturated carbocycles. The van der Waals surface area contributed by atoms with Gasteiger partial charge < -0.3 is 4.74 Å². The van der Waals surface area contributed by atoms with Crippen LogP contribution in [0.2, 0.25) is 0 Å². The predicted molar refractivity (Wildman–Crippen MR) is 93.7 cm³/mol. The summed E-state index contributed by atoms with van der Waals surface area (Å²) in [5.74, 6) is 0.437. The van der Waals surface area contributed by atoms with Crippen LogP contribution in [-0.4, -0.2) is 11.8 Å². The number of fused-ring (bicyclic) bond motifs is 1. The summed E-state index contributed by atoms with van der Waals surface area (Å²) in [7, 11) is 0. The van der Waals surface area contributed by atoms with Gasteiger partial charge in [-0.05, 0) is 68.1 Å². The maximum atomic E-state index is 11.9. The number of carbonyl (C=O) groups is 2. The Morgan fingerprint density at radius 1 is 1.04 bits per heavy atom. The molecule has 3 nitrogen and oxygen atoms in total. The quantitative estimate of drug-likeness (QED) is 0.720. The Hall–Kier alpha value is -1.64. The molecule has 0 saturated heterocycles. The van der Waals surface area contributed by atoms with Crippen LogP contribution < -0.4 is 0 Å². The van der Waals surface area contributed by atoms with Crippen LogP contribution in [0.4, 0.5) is 0 Å². The van der Waals surface area contributed by atoms with Crippen molar-refractivity contribution in [3.05, 3.63) is 34.9 Å². The highest BCUT2D eigenvalue weighted by Crippen LogP contribution is 2.25. The zero-order valence-electron chi connectivity index (χ0n) is 14.5. The van der Waals surface area contributed by atoms with Gasteiger partial charge in [0.05, 0.1) is 0 Å². The highest BCUT2D eigenvalue weighted by molar-refractivity contribution is 5.81. The van der Waals surface area contributed by atoms with Gasteiger partial charge >= 0.3 is 5.97 Å². The number of ether oxygens (including phenoxy) is 1. The molecule has 2 aliphatic rings. The first-order valence-corrected chi connectivity index (χ1v) is 9.51. The van der Waals surface area contributed by atoms with Crippen LogP contribution >= 0.6 is 0 Å². The van der Waals surface area contributed by atoms with E-state index in [-0.39, 0.29) is 11.9 Å². The second kappa shape index (κ2) is 8.46. The van der Waals surface area contributed by atoms with Gasteiger partial charge in [-0.2, -0.15) is 0 Å². The molecule has 1 aromatic rings. The van der Waals surface area contributed by atoms with Gasteiger partial charge in [0, 0.05) is 18.8 Å². The first kappa shape index (κ1) is 17.2. The summed E-state index contributed by atoms with van der Waals surface area (Å²) in [5, 5.41) is 0. The molecular formula is C21H28O3. The molecule has 0 aromatic heterocycles. The Balaban J connectivity index is 1.38. The fraction of sp³-hybridized carbons (Fsp3) is 0.619. The third kappa shape index (κ3) is 4.68. The second-order valence-corrected chi connectivity index (χ2v) is 7.27. The third-order valence-corrected chi connectivity index (χ3v) is 5.43. The van der Waals surface area contributed by atoms with E-state index >= 15 is 0 Å². The van der Waals surface area contributed by atoms with Crippen LogP contribution in [0.5, 0.6) is 0 Å². The molecule has 0 spiro atoms. The molecule has 3 heteroatoms. The summed E-state index contributed by atoms with van der Waals surface area (Å²) in [6.45, 7) is 0.370. The Labute approximate surface area is 144 Å². The van der Waals surface area contributed by atoms with Gasteiger partial charge in [0.1, 0.15) is 12.4 Å². The molecule has 0 radical (unpaired) electrons. The summed E-state index contributed by atoms with van der Waals surface area (Å²) in [4.78, 5) is 23.7. The largest absolute Gasteiger partial charge is 0.461 e. The Kier molecular flexibility index (Phi) is 6.06. The molecule has 2 aliphatic carbocycles. The number of aryl methyl sites for hydroxylation is 2. The SMILES string of the molecule is O=C(CCCC1CCCCC1=O)OCc1ccc2c(c1)CCCC2. The summed E-state index contributed by atoms with van der Waals surface area (Å²) in [6.07, 6.45) is 10.8. The molecule has 1 fully saturated rings. The summed E-state index contributed by atoms with van der Waals surface area (Å²) < 4.78 is 5.41. The molecule has 130 valence electrons. The lowest BCUT2D eigenvalue weighted by atomic mass is 9.84. The van der Waals surface area contributed by atoms with E-state index in [1.54, 1.807) is 0 Å². The van der Waals surface area contributed by atoms with E-state index < -0.39 is 0 Å². The Morgan fingerprint density at radius 2 is 1.83 bits per heavy atom. The Morgan fingerprint density at radius 3 is 2.67 bits per heavy atom. The van der Waals surface area contributed by atoms with Crippen molar-refractivity contribution in [2.45, 2.75) is 77.2 Å². The summed E-state index contributed by atoms with van der Waals surface area (Å²) >= 11 is 0. The van der Waals surface area contributed by atoms with E-state index in [0.717, 1.165) is 50.5 Å². The van der Waals surface area contributed by atoms with E-state index in [1.165, 1.54) is 30.4 Å². The van der Waals surface area contributed by atoms with Gasteiger partial charge in [0.25, 0.3) is 0 Å². The van der Waals surface area contributed by atoms with E-state index in [1.807, 2.05) is 0 Å². The maximum Gasteiger partial charge on any atom is 0.306 e. The van der Waals surface area contributed by atoms with Crippen molar-refractivity contribution in [3.63, 3.8) is 0 Å². The van der Waals surface area contributed by atoms with E-state index in [2.05, 4.69) is 18.2 Å². The van der Waals surface area contributed by atoms with Gasteiger partial charge in [0.15, 0.2) is 0 Å². The highest BCUT2D eigenvalue weighted by Gasteiger charge is 2.21. The van der Waals surface area contributed by atoms with E-state index in [0.29, 0.717) is 18.8 Å². The molecule has 1 unspecified atom stereocenters. The molecule has 0 amide bonds. The number of hydrogen-bond donors (Lipinski definition) is 0. The standard InChI is InChI=1S/C21H28O3/c22-20-10-4-3-7-18(20)9-5-11-21(23)24-15-16-12-13-17-6-1-2-8-19(17)14-16/h12-14,18H,1-11,15H2. The number of ketones is 1. The third-order valence-electron chi connectivity index (χ3n) is 5.43. The predicted octanol–water partition coefficient (Wildman–Crippen LogP) is 4.54. The average molecular weight is 328 g/mol. The van der Waals surface area contributed by atoms with Gasteiger partial charge in [-0.15, -0.1) is 0 Å². The lowest BCUT2D eigenvalue weighted by Gasteiger charge is -2.19.